The Morgan fingerprint density at radius 1 is 1.62 bits per heavy atom. The van der Waals surface area contributed by atoms with E-state index in [0.29, 0.717) is 0 Å². The number of hydrogen-bond donors (Lipinski definition) is 1. The standard InChI is InChI=1S/C5H6N2S/c6-8-5-2-1-3-7-4-5/h1-4H,6H2. The quantitative estimate of drug-likeness (QED) is 0.571. The van der Waals surface area contributed by atoms with Crippen LogP contribution in [0.4, 0.5) is 0 Å². The Bertz CT molecular complexity index is 152. The fraction of sp³-hybridized carbons (Fsp3) is 0. The molecule has 0 atom stereocenters. The van der Waals surface area contributed by atoms with Crippen LogP contribution in [0.3, 0.4) is 0 Å². The number of pyridine rings is 1. The van der Waals surface area contributed by atoms with Crippen molar-refractivity contribution in [3.63, 3.8) is 0 Å². The van der Waals surface area contributed by atoms with Gasteiger partial charge in [0.15, 0.2) is 0 Å². The molecule has 3 heteroatoms. The van der Waals surface area contributed by atoms with Crippen molar-refractivity contribution in [2.45, 2.75) is 4.90 Å². The highest BCUT2D eigenvalue weighted by atomic mass is 32.2. The van der Waals surface area contributed by atoms with E-state index in [9.17, 15) is 0 Å². The molecule has 1 aromatic rings. The van der Waals surface area contributed by atoms with Gasteiger partial charge in [0.2, 0.25) is 0 Å². The number of nitrogens with two attached hydrogens (primary N) is 1. The minimum absolute atomic E-state index is 0.993. The Hall–Kier alpha value is -0.540. The van der Waals surface area contributed by atoms with E-state index in [1.54, 1.807) is 12.4 Å². The van der Waals surface area contributed by atoms with Crippen molar-refractivity contribution >= 4 is 11.9 Å². The molecule has 1 rings (SSSR count). The Labute approximate surface area is 52.2 Å². The smallest absolute Gasteiger partial charge is 0.0416 e. The van der Waals surface area contributed by atoms with Crippen LogP contribution >= 0.6 is 11.9 Å². The van der Waals surface area contributed by atoms with Crippen LogP contribution in [0.1, 0.15) is 0 Å². The van der Waals surface area contributed by atoms with Gasteiger partial charge in [-0.2, -0.15) is 0 Å². The molecule has 42 valence electrons. The van der Waals surface area contributed by atoms with E-state index >= 15 is 0 Å². The second kappa shape index (κ2) is 2.69. The van der Waals surface area contributed by atoms with Gasteiger partial charge in [-0.05, 0) is 24.1 Å². The lowest BCUT2D eigenvalue weighted by atomic mass is 10.5. The average molecular weight is 126 g/mol. The molecule has 0 aromatic carbocycles. The largest absolute Gasteiger partial charge is 0.274 e. The van der Waals surface area contributed by atoms with Crippen LogP contribution in [-0.4, -0.2) is 4.98 Å². The molecule has 0 aliphatic rings. The number of rotatable bonds is 1. The molecule has 2 N–H and O–H groups in total. The van der Waals surface area contributed by atoms with Gasteiger partial charge in [0.1, 0.15) is 0 Å². The van der Waals surface area contributed by atoms with Crippen molar-refractivity contribution in [2.75, 3.05) is 0 Å². The number of aromatic nitrogens is 1. The van der Waals surface area contributed by atoms with Gasteiger partial charge in [-0.25, -0.2) is 0 Å². The molecule has 2 nitrogen and oxygen atoms in total. The first kappa shape index (κ1) is 5.59. The summed E-state index contributed by atoms with van der Waals surface area (Å²) in [4.78, 5) is 4.85. The zero-order chi connectivity index (χ0) is 5.82. The minimum Gasteiger partial charge on any atom is -0.274 e. The first-order chi connectivity index (χ1) is 3.93. The van der Waals surface area contributed by atoms with Crippen LogP contribution in [0.5, 0.6) is 0 Å². The topological polar surface area (TPSA) is 38.9 Å². The number of nitrogens with zero attached hydrogens (tertiary/aromatic N) is 1. The fourth-order valence-corrected chi connectivity index (χ4v) is 0.696. The third-order valence-corrected chi connectivity index (χ3v) is 1.28. The second-order valence-electron chi connectivity index (χ2n) is 1.31. The van der Waals surface area contributed by atoms with Crippen LogP contribution in [0, 0.1) is 0 Å². The molecule has 8 heavy (non-hydrogen) atoms. The molecule has 0 aliphatic heterocycles. The van der Waals surface area contributed by atoms with Gasteiger partial charge in [0.25, 0.3) is 0 Å². The third-order valence-electron chi connectivity index (χ3n) is 0.770. The lowest BCUT2D eigenvalue weighted by Gasteiger charge is -1.88. The zero-order valence-electron chi connectivity index (χ0n) is 4.24. The molecule has 0 unspecified atom stereocenters. The summed E-state index contributed by atoms with van der Waals surface area (Å²) in [6, 6.07) is 3.77. The molecule has 0 saturated heterocycles. The van der Waals surface area contributed by atoms with Crippen molar-refractivity contribution in [3.05, 3.63) is 24.5 Å². The highest BCUT2D eigenvalue weighted by molar-refractivity contribution is 7.97. The summed E-state index contributed by atoms with van der Waals surface area (Å²) in [5.41, 5.74) is 0. The summed E-state index contributed by atoms with van der Waals surface area (Å²) < 4.78 is 0. The summed E-state index contributed by atoms with van der Waals surface area (Å²) in [6.07, 6.45) is 3.45. The van der Waals surface area contributed by atoms with Gasteiger partial charge in [0.05, 0.1) is 0 Å². The molecule has 0 amide bonds. The molecular weight excluding hydrogens is 120 g/mol. The van der Waals surface area contributed by atoms with Crippen molar-refractivity contribution in [1.29, 1.82) is 0 Å². The van der Waals surface area contributed by atoms with E-state index in [1.807, 2.05) is 12.1 Å². The fourth-order valence-electron chi connectivity index (χ4n) is 0.417. The Morgan fingerprint density at radius 2 is 2.50 bits per heavy atom. The maximum Gasteiger partial charge on any atom is 0.0416 e. The highest BCUT2D eigenvalue weighted by Gasteiger charge is 1.82. The van der Waals surface area contributed by atoms with Gasteiger partial charge in [-0.1, -0.05) is 0 Å². The van der Waals surface area contributed by atoms with Gasteiger partial charge < -0.3 is 0 Å². The predicted molar refractivity (Wildman–Crippen MR) is 34.3 cm³/mol. The highest BCUT2D eigenvalue weighted by Crippen LogP contribution is 2.06. The summed E-state index contributed by atoms with van der Waals surface area (Å²) in [5.74, 6) is 0. The van der Waals surface area contributed by atoms with Gasteiger partial charge in [-0.15, -0.1) is 0 Å². The second-order valence-corrected chi connectivity index (χ2v) is 2.01. The van der Waals surface area contributed by atoms with Crippen molar-refractivity contribution < 1.29 is 0 Å². The van der Waals surface area contributed by atoms with Crippen LogP contribution < -0.4 is 5.14 Å². The molecule has 0 radical (unpaired) electrons. The van der Waals surface area contributed by atoms with E-state index in [-0.39, 0.29) is 0 Å². The lowest BCUT2D eigenvalue weighted by Crippen LogP contribution is -1.78. The first-order valence-corrected chi connectivity index (χ1v) is 3.08. The van der Waals surface area contributed by atoms with Crippen LogP contribution in [0.2, 0.25) is 0 Å². The van der Waals surface area contributed by atoms with E-state index < -0.39 is 0 Å². The maximum atomic E-state index is 5.23. The molecule has 1 heterocycles. The van der Waals surface area contributed by atoms with E-state index in [1.165, 1.54) is 11.9 Å². The van der Waals surface area contributed by atoms with Gasteiger partial charge in [0, 0.05) is 17.3 Å². The van der Waals surface area contributed by atoms with Crippen LogP contribution in [0.15, 0.2) is 29.4 Å². The number of hydrogen-bond acceptors (Lipinski definition) is 3. The van der Waals surface area contributed by atoms with E-state index in [4.69, 9.17) is 5.14 Å². The molecule has 0 aliphatic carbocycles. The molecule has 0 bridgehead atoms. The molecule has 1 aromatic heterocycles. The van der Waals surface area contributed by atoms with Crippen LogP contribution in [0.25, 0.3) is 0 Å². The molecule has 0 saturated carbocycles. The summed E-state index contributed by atoms with van der Waals surface area (Å²) in [6.45, 7) is 0. The van der Waals surface area contributed by atoms with Gasteiger partial charge >= 0.3 is 0 Å². The molecule has 0 fully saturated rings. The Balaban J connectivity index is 2.83. The molecule has 0 spiro atoms. The van der Waals surface area contributed by atoms with E-state index in [0.717, 1.165) is 4.90 Å². The lowest BCUT2D eigenvalue weighted by molar-refractivity contribution is 1.24. The Kier molecular flexibility index (Phi) is 1.88. The third kappa shape index (κ3) is 1.21. The first-order valence-electron chi connectivity index (χ1n) is 2.20. The predicted octanol–water partition coefficient (Wildman–Crippen LogP) is 1.05. The summed E-state index contributed by atoms with van der Waals surface area (Å²) in [5, 5.41) is 5.23. The zero-order valence-corrected chi connectivity index (χ0v) is 5.06. The van der Waals surface area contributed by atoms with Crippen molar-refractivity contribution in [2.24, 2.45) is 5.14 Å². The van der Waals surface area contributed by atoms with Gasteiger partial charge in [-0.3, -0.25) is 10.1 Å². The molecular formula is C5H6N2S. The minimum atomic E-state index is 0.993. The summed E-state index contributed by atoms with van der Waals surface area (Å²) in [7, 11) is 0. The van der Waals surface area contributed by atoms with Crippen molar-refractivity contribution in [1.82, 2.24) is 4.98 Å². The average Bonchev–Trinajstić information content (AvgIpc) is 1.90. The SMILES string of the molecule is NSc1cccnc1. The normalized spacial score (nSPS) is 9.12. The van der Waals surface area contributed by atoms with Crippen LogP contribution in [-0.2, 0) is 0 Å². The van der Waals surface area contributed by atoms with Crippen molar-refractivity contribution in [3.8, 4) is 0 Å². The van der Waals surface area contributed by atoms with E-state index in [2.05, 4.69) is 4.98 Å². The Morgan fingerprint density at radius 3 is 2.88 bits per heavy atom. The summed E-state index contributed by atoms with van der Waals surface area (Å²) >= 11 is 1.21. The monoisotopic (exact) mass is 126 g/mol. The maximum absolute atomic E-state index is 5.23.